The van der Waals surface area contributed by atoms with E-state index < -0.39 is 0 Å². The minimum Gasteiger partial charge on any atom is -0.290 e. The molecule has 0 atom stereocenters. The predicted octanol–water partition coefficient (Wildman–Crippen LogP) is 2.62. The van der Waals surface area contributed by atoms with Gasteiger partial charge in [0.1, 0.15) is 0 Å². The lowest BCUT2D eigenvalue weighted by molar-refractivity contribution is 0.234. The summed E-state index contributed by atoms with van der Waals surface area (Å²) in [6.07, 6.45) is 1.66. The van der Waals surface area contributed by atoms with Crippen molar-refractivity contribution in [3.8, 4) is 0 Å². The van der Waals surface area contributed by atoms with Crippen LogP contribution >= 0.6 is 0 Å². The van der Waals surface area contributed by atoms with Gasteiger partial charge in [0.25, 0.3) is 0 Å². The molecule has 0 radical (unpaired) electrons. The third kappa shape index (κ3) is 5.49. The number of benzene rings is 2. The number of rotatable bonds is 7. The van der Waals surface area contributed by atoms with Crippen molar-refractivity contribution < 1.29 is 10.4 Å². The number of unbranched alkanes of at least 4 members (excludes halogenated alkanes) is 1. The largest absolute Gasteiger partial charge is 0.290 e. The maximum absolute atomic E-state index is 9.17. The molecule has 0 aliphatic carbocycles. The number of hydroxylamine groups is 2. The number of hydrogen-bond donors (Lipinski definition) is 4. The molecule has 0 heterocycles. The van der Waals surface area contributed by atoms with Crippen LogP contribution in [0.15, 0.2) is 70.6 Å². The Morgan fingerprint density at radius 2 is 1.04 bits per heavy atom. The molecule has 0 bridgehead atoms. The van der Waals surface area contributed by atoms with Gasteiger partial charge in [-0.1, -0.05) is 60.7 Å². The summed E-state index contributed by atoms with van der Waals surface area (Å²) >= 11 is 0. The summed E-state index contributed by atoms with van der Waals surface area (Å²) in [5.41, 5.74) is 5.96. The van der Waals surface area contributed by atoms with Crippen molar-refractivity contribution in [2.75, 3.05) is 13.1 Å². The fraction of sp³-hybridized carbons (Fsp3) is 0.222. The van der Waals surface area contributed by atoms with E-state index in [9.17, 15) is 10.4 Å². The zero-order valence-corrected chi connectivity index (χ0v) is 13.4. The van der Waals surface area contributed by atoms with Crippen molar-refractivity contribution in [3.05, 3.63) is 71.8 Å². The van der Waals surface area contributed by atoms with E-state index in [1.807, 2.05) is 60.7 Å². The Balaban J connectivity index is 1.80. The van der Waals surface area contributed by atoms with E-state index in [4.69, 9.17) is 0 Å². The summed E-state index contributed by atoms with van der Waals surface area (Å²) in [5.74, 6) is 0.919. The van der Waals surface area contributed by atoms with Crippen LogP contribution in [0.3, 0.4) is 0 Å². The Labute approximate surface area is 141 Å². The molecule has 6 heteroatoms. The number of amidine groups is 2. The standard InChI is InChI=1S/C18H22N4O2/c23-21-17(15-9-3-1-4-10-15)19-13-7-8-14-20-18(22-24)16-11-5-2-6-12-16/h1-6,9-12,23-24H,7-8,13-14H2,(H,19,21)(H,20,22). The fourth-order valence-electron chi connectivity index (χ4n) is 2.18. The van der Waals surface area contributed by atoms with Crippen LogP contribution in [0.4, 0.5) is 0 Å². The highest BCUT2D eigenvalue weighted by molar-refractivity contribution is 5.98. The van der Waals surface area contributed by atoms with Crippen molar-refractivity contribution in [2.45, 2.75) is 12.8 Å². The van der Waals surface area contributed by atoms with Gasteiger partial charge >= 0.3 is 0 Å². The summed E-state index contributed by atoms with van der Waals surface area (Å²) in [4.78, 5) is 8.70. The molecule has 0 aliphatic rings. The molecule has 0 unspecified atom stereocenters. The van der Waals surface area contributed by atoms with Gasteiger partial charge in [0, 0.05) is 24.2 Å². The molecular weight excluding hydrogens is 304 g/mol. The first-order valence-corrected chi connectivity index (χ1v) is 7.85. The number of hydrogen-bond acceptors (Lipinski definition) is 4. The molecular formula is C18H22N4O2. The molecule has 0 saturated carbocycles. The number of nitrogens with one attached hydrogen (secondary N) is 2. The van der Waals surface area contributed by atoms with Gasteiger partial charge in [0.05, 0.1) is 0 Å². The molecule has 0 aromatic heterocycles. The zero-order valence-electron chi connectivity index (χ0n) is 13.4. The summed E-state index contributed by atoms with van der Waals surface area (Å²) in [6, 6.07) is 18.9. The Hall–Kier alpha value is -2.70. The maximum atomic E-state index is 9.17. The number of aliphatic imine (C=N–C) groups is 2. The molecule has 2 aromatic carbocycles. The molecule has 0 saturated heterocycles. The van der Waals surface area contributed by atoms with Crippen LogP contribution in [0.1, 0.15) is 24.0 Å². The minimum absolute atomic E-state index is 0.459. The molecule has 126 valence electrons. The lowest BCUT2D eigenvalue weighted by Crippen LogP contribution is -2.21. The summed E-state index contributed by atoms with van der Waals surface area (Å²) in [6.45, 7) is 1.17. The third-order valence-electron chi connectivity index (χ3n) is 3.41. The van der Waals surface area contributed by atoms with Crippen LogP contribution in [0, 0.1) is 0 Å². The van der Waals surface area contributed by atoms with Crippen molar-refractivity contribution in [2.24, 2.45) is 9.98 Å². The van der Waals surface area contributed by atoms with Gasteiger partial charge in [-0.15, -0.1) is 0 Å². The van der Waals surface area contributed by atoms with E-state index in [0.717, 1.165) is 24.0 Å². The van der Waals surface area contributed by atoms with E-state index >= 15 is 0 Å². The molecule has 4 N–H and O–H groups in total. The third-order valence-corrected chi connectivity index (χ3v) is 3.41. The van der Waals surface area contributed by atoms with Crippen molar-refractivity contribution in [1.29, 1.82) is 0 Å². The van der Waals surface area contributed by atoms with Crippen LogP contribution in [-0.4, -0.2) is 35.2 Å². The predicted molar refractivity (Wildman–Crippen MR) is 94.8 cm³/mol. The zero-order chi connectivity index (χ0) is 17.0. The average Bonchev–Trinajstić information content (AvgIpc) is 2.66. The van der Waals surface area contributed by atoms with Crippen LogP contribution in [0.2, 0.25) is 0 Å². The van der Waals surface area contributed by atoms with Crippen molar-refractivity contribution in [1.82, 2.24) is 11.0 Å². The lowest BCUT2D eigenvalue weighted by Gasteiger charge is -2.05. The van der Waals surface area contributed by atoms with E-state index in [-0.39, 0.29) is 0 Å². The highest BCUT2D eigenvalue weighted by Gasteiger charge is 2.01. The highest BCUT2D eigenvalue weighted by atomic mass is 16.5. The first-order chi connectivity index (χ1) is 11.8. The van der Waals surface area contributed by atoms with Crippen LogP contribution in [0.25, 0.3) is 0 Å². The second-order valence-electron chi connectivity index (χ2n) is 5.12. The second-order valence-corrected chi connectivity index (χ2v) is 5.12. The Morgan fingerprint density at radius 3 is 1.38 bits per heavy atom. The molecule has 0 spiro atoms. The maximum Gasteiger partial charge on any atom is 0.152 e. The normalized spacial score (nSPS) is 12.1. The molecule has 0 aliphatic heterocycles. The molecule has 24 heavy (non-hydrogen) atoms. The lowest BCUT2D eigenvalue weighted by atomic mass is 10.2. The van der Waals surface area contributed by atoms with E-state index in [2.05, 4.69) is 20.9 Å². The molecule has 0 amide bonds. The average molecular weight is 326 g/mol. The molecule has 6 nitrogen and oxygen atoms in total. The molecule has 2 aromatic rings. The Bertz CT molecular complexity index is 598. The van der Waals surface area contributed by atoms with Gasteiger partial charge in [-0.3, -0.25) is 31.4 Å². The summed E-state index contributed by atoms with van der Waals surface area (Å²) < 4.78 is 0. The minimum atomic E-state index is 0.459. The van der Waals surface area contributed by atoms with Crippen molar-refractivity contribution >= 4 is 11.7 Å². The quantitative estimate of drug-likeness (QED) is 0.272. The van der Waals surface area contributed by atoms with E-state index in [0.29, 0.717) is 24.8 Å². The molecule has 0 fully saturated rings. The monoisotopic (exact) mass is 326 g/mol. The SMILES string of the molecule is ONC(=NCCCCN=C(NO)c1ccccc1)c1ccccc1. The second kappa shape index (κ2) is 10.1. The summed E-state index contributed by atoms with van der Waals surface area (Å²) in [7, 11) is 0. The van der Waals surface area contributed by atoms with E-state index in [1.54, 1.807) is 0 Å². The van der Waals surface area contributed by atoms with Gasteiger partial charge < -0.3 is 0 Å². The van der Waals surface area contributed by atoms with Gasteiger partial charge in [-0.2, -0.15) is 0 Å². The van der Waals surface area contributed by atoms with Gasteiger partial charge in [-0.25, -0.2) is 0 Å². The van der Waals surface area contributed by atoms with Gasteiger partial charge in [0.15, 0.2) is 11.7 Å². The fourth-order valence-corrected chi connectivity index (χ4v) is 2.18. The molecule has 2 rings (SSSR count). The van der Waals surface area contributed by atoms with Crippen LogP contribution in [0.5, 0.6) is 0 Å². The summed E-state index contributed by atoms with van der Waals surface area (Å²) in [5, 5.41) is 18.3. The van der Waals surface area contributed by atoms with E-state index in [1.165, 1.54) is 0 Å². The topological polar surface area (TPSA) is 89.2 Å². The Morgan fingerprint density at radius 1 is 0.667 bits per heavy atom. The van der Waals surface area contributed by atoms with Crippen LogP contribution in [-0.2, 0) is 0 Å². The first-order valence-electron chi connectivity index (χ1n) is 7.85. The Kier molecular flexibility index (Phi) is 7.46. The van der Waals surface area contributed by atoms with Crippen LogP contribution < -0.4 is 11.0 Å². The highest BCUT2D eigenvalue weighted by Crippen LogP contribution is 2.02. The van der Waals surface area contributed by atoms with Crippen molar-refractivity contribution in [3.63, 3.8) is 0 Å². The van der Waals surface area contributed by atoms with Gasteiger partial charge in [0.2, 0.25) is 0 Å². The smallest absolute Gasteiger partial charge is 0.152 e. The number of nitrogens with zero attached hydrogens (tertiary/aromatic N) is 2. The van der Waals surface area contributed by atoms with Gasteiger partial charge in [-0.05, 0) is 12.8 Å². The first kappa shape index (κ1) is 17.7.